The highest BCUT2D eigenvalue weighted by Crippen LogP contribution is 2.16. The van der Waals surface area contributed by atoms with E-state index in [1.807, 2.05) is 37.3 Å². The number of rotatable bonds is 2. The minimum absolute atomic E-state index is 0.0919. The summed E-state index contributed by atoms with van der Waals surface area (Å²) in [7, 11) is 0. The number of amides is 1. The van der Waals surface area contributed by atoms with E-state index in [0.717, 1.165) is 10.2 Å². The Morgan fingerprint density at radius 1 is 1.00 bits per heavy atom. The van der Waals surface area contributed by atoms with Crippen LogP contribution < -0.4 is 5.32 Å². The van der Waals surface area contributed by atoms with Gasteiger partial charge in [-0.15, -0.1) is 0 Å². The van der Waals surface area contributed by atoms with Gasteiger partial charge in [0.05, 0.1) is 0 Å². The molecule has 0 unspecified atom stereocenters. The number of hydrogen-bond donors (Lipinski definition) is 1. The minimum atomic E-state index is -0.0919. The predicted octanol–water partition coefficient (Wildman–Crippen LogP) is 4.32. The Morgan fingerprint density at radius 2 is 1.67 bits per heavy atom. The maximum Gasteiger partial charge on any atom is 0.255 e. The molecule has 0 bridgehead atoms. The summed E-state index contributed by atoms with van der Waals surface area (Å²) in [4.78, 5) is 12.0. The Bertz CT molecular complexity index is 576. The van der Waals surface area contributed by atoms with Crippen LogP contribution in [0, 0.1) is 13.8 Å². The Hall–Kier alpha value is -1.61. The molecular weight excluding hydrogens is 290 g/mol. The lowest BCUT2D eigenvalue weighted by Crippen LogP contribution is -2.11. The van der Waals surface area contributed by atoms with Gasteiger partial charge in [0.1, 0.15) is 0 Å². The Kier molecular flexibility index (Phi) is 3.82. The van der Waals surface area contributed by atoms with Crippen LogP contribution in [0.2, 0.25) is 0 Å². The van der Waals surface area contributed by atoms with Gasteiger partial charge in [0.25, 0.3) is 5.91 Å². The lowest BCUT2D eigenvalue weighted by molar-refractivity contribution is 0.102. The van der Waals surface area contributed by atoms with Gasteiger partial charge in [0, 0.05) is 15.7 Å². The molecule has 0 aliphatic carbocycles. The fourth-order valence-corrected chi connectivity index (χ4v) is 1.89. The summed E-state index contributed by atoms with van der Waals surface area (Å²) in [5.74, 6) is -0.0919. The first-order chi connectivity index (χ1) is 8.56. The van der Waals surface area contributed by atoms with E-state index in [0.29, 0.717) is 5.56 Å². The zero-order valence-electron chi connectivity index (χ0n) is 10.3. The van der Waals surface area contributed by atoms with Gasteiger partial charge in [0.15, 0.2) is 0 Å². The van der Waals surface area contributed by atoms with Crippen molar-refractivity contribution in [2.75, 3.05) is 5.32 Å². The van der Waals surface area contributed by atoms with E-state index in [1.54, 1.807) is 12.1 Å². The van der Waals surface area contributed by atoms with E-state index >= 15 is 0 Å². The molecule has 2 rings (SSSR count). The Morgan fingerprint density at radius 3 is 2.28 bits per heavy atom. The zero-order valence-corrected chi connectivity index (χ0v) is 11.9. The summed E-state index contributed by atoms with van der Waals surface area (Å²) in [6.45, 7) is 4.08. The molecule has 2 aromatic carbocycles. The second kappa shape index (κ2) is 5.36. The summed E-state index contributed by atoms with van der Waals surface area (Å²) in [6, 6.07) is 13.2. The number of benzene rings is 2. The van der Waals surface area contributed by atoms with Gasteiger partial charge in [-0.1, -0.05) is 22.0 Å². The number of carbonyl (C=O) groups is 1. The number of halogens is 1. The maximum absolute atomic E-state index is 12.0. The summed E-state index contributed by atoms with van der Waals surface area (Å²) in [5.41, 5.74) is 3.86. The number of carbonyl (C=O) groups excluding carboxylic acids is 1. The number of nitrogens with one attached hydrogen (secondary N) is 1. The van der Waals surface area contributed by atoms with Crippen LogP contribution in [0.3, 0.4) is 0 Å². The predicted molar refractivity (Wildman–Crippen MR) is 78.0 cm³/mol. The van der Waals surface area contributed by atoms with Crippen LogP contribution in [0.4, 0.5) is 5.69 Å². The lowest BCUT2D eigenvalue weighted by atomic mass is 10.1. The molecule has 92 valence electrons. The molecule has 0 saturated heterocycles. The molecule has 2 aromatic rings. The third kappa shape index (κ3) is 2.99. The Labute approximate surface area is 115 Å². The molecule has 0 saturated carbocycles. The smallest absolute Gasteiger partial charge is 0.255 e. The topological polar surface area (TPSA) is 29.1 Å². The van der Waals surface area contributed by atoms with E-state index in [4.69, 9.17) is 0 Å². The molecule has 0 aromatic heterocycles. The highest BCUT2D eigenvalue weighted by atomic mass is 79.9. The highest BCUT2D eigenvalue weighted by molar-refractivity contribution is 9.10. The van der Waals surface area contributed by atoms with Crippen LogP contribution in [-0.2, 0) is 0 Å². The molecule has 0 heterocycles. The van der Waals surface area contributed by atoms with Crippen molar-refractivity contribution >= 4 is 27.5 Å². The molecular formula is C15H14BrNO. The van der Waals surface area contributed by atoms with Crippen LogP contribution in [-0.4, -0.2) is 5.91 Å². The summed E-state index contributed by atoms with van der Waals surface area (Å²) < 4.78 is 0.963. The van der Waals surface area contributed by atoms with Gasteiger partial charge in [-0.25, -0.2) is 0 Å². The van der Waals surface area contributed by atoms with E-state index in [9.17, 15) is 4.79 Å². The van der Waals surface area contributed by atoms with Gasteiger partial charge in [-0.05, 0) is 61.4 Å². The standard InChI is InChI=1S/C15H14BrNO/c1-10-3-8-14(9-11(10)2)17-15(18)12-4-6-13(16)7-5-12/h3-9H,1-2H3,(H,17,18). The molecule has 0 aliphatic rings. The second-order valence-electron chi connectivity index (χ2n) is 4.26. The summed E-state index contributed by atoms with van der Waals surface area (Å²) in [5, 5.41) is 2.89. The fraction of sp³-hybridized carbons (Fsp3) is 0.133. The third-order valence-electron chi connectivity index (χ3n) is 2.87. The fourth-order valence-electron chi connectivity index (χ4n) is 1.62. The number of aryl methyl sites for hydroxylation is 2. The van der Waals surface area contributed by atoms with Crippen LogP contribution in [0.25, 0.3) is 0 Å². The van der Waals surface area contributed by atoms with Crippen molar-refractivity contribution in [3.05, 3.63) is 63.6 Å². The molecule has 18 heavy (non-hydrogen) atoms. The van der Waals surface area contributed by atoms with E-state index < -0.39 is 0 Å². The van der Waals surface area contributed by atoms with E-state index in [1.165, 1.54) is 11.1 Å². The molecule has 0 fully saturated rings. The first-order valence-corrected chi connectivity index (χ1v) is 6.50. The SMILES string of the molecule is Cc1ccc(NC(=O)c2ccc(Br)cc2)cc1C. The van der Waals surface area contributed by atoms with Crippen molar-refractivity contribution in [1.82, 2.24) is 0 Å². The summed E-state index contributed by atoms with van der Waals surface area (Å²) in [6.07, 6.45) is 0. The second-order valence-corrected chi connectivity index (χ2v) is 5.18. The van der Waals surface area contributed by atoms with Crippen molar-refractivity contribution in [2.45, 2.75) is 13.8 Å². The first-order valence-electron chi connectivity index (χ1n) is 5.70. The monoisotopic (exact) mass is 303 g/mol. The molecule has 0 spiro atoms. The van der Waals surface area contributed by atoms with Crippen molar-refractivity contribution < 1.29 is 4.79 Å². The van der Waals surface area contributed by atoms with Crippen LogP contribution in [0.5, 0.6) is 0 Å². The number of hydrogen-bond acceptors (Lipinski definition) is 1. The van der Waals surface area contributed by atoms with Crippen LogP contribution in [0.1, 0.15) is 21.5 Å². The van der Waals surface area contributed by atoms with Gasteiger partial charge < -0.3 is 5.32 Å². The van der Waals surface area contributed by atoms with Crippen LogP contribution in [0.15, 0.2) is 46.9 Å². The van der Waals surface area contributed by atoms with Crippen molar-refractivity contribution in [3.8, 4) is 0 Å². The third-order valence-corrected chi connectivity index (χ3v) is 3.40. The van der Waals surface area contributed by atoms with Gasteiger partial charge in [-0.2, -0.15) is 0 Å². The average Bonchev–Trinajstić information content (AvgIpc) is 2.34. The van der Waals surface area contributed by atoms with Crippen molar-refractivity contribution in [2.24, 2.45) is 0 Å². The molecule has 3 heteroatoms. The van der Waals surface area contributed by atoms with E-state index in [2.05, 4.69) is 28.2 Å². The maximum atomic E-state index is 12.0. The van der Waals surface area contributed by atoms with Crippen LogP contribution >= 0.6 is 15.9 Å². The first kappa shape index (κ1) is 12.8. The molecule has 2 nitrogen and oxygen atoms in total. The summed E-state index contributed by atoms with van der Waals surface area (Å²) >= 11 is 3.35. The lowest BCUT2D eigenvalue weighted by Gasteiger charge is -2.07. The van der Waals surface area contributed by atoms with Crippen molar-refractivity contribution in [3.63, 3.8) is 0 Å². The Balaban J connectivity index is 2.16. The van der Waals surface area contributed by atoms with Gasteiger partial charge in [-0.3, -0.25) is 4.79 Å². The zero-order chi connectivity index (χ0) is 13.1. The molecule has 0 atom stereocenters. The highest BCUT2D eigenvalue weighted by Gasteiger charge is 2.06. The number of anilines is 1. The van der Waals surface area contributed by atoms with Gasteiger partial charge >= 0.3 is 0 Å². The molecule has 1 N–H and O–H groups in total. The quantitative estimate of drug-likeness (QED) is 0.879. The normalized spacial score (nSPS) is 10.2. The van der Waals surface area contributed by atoms with E-state index in [-0.39, 0.29) is 5.91 Å². The van der Waals surface area contributed by atoms with Crippen molar-refractivity contribution in [1.29, 1.82) is 0 Å². The molecule has 0 radical (unpaired) electrons. The molecule has 1 amide bonds. The van der Waals surface area contributed by atoms with Gasteiger partial charge in [0.2, 0.25) is 0 Å². The average molecular weight is 304 g/mol. The molecule has 0 aliphatic heterocycles. The minimum Gasteiger partial charge on any atom is -0.322 e. The largest absolute Gasteiger partial charge is 0.322 e.